The van der Waals surface area contributed by atoms with Crippen LogP contribution in [0.15, 0.2) is 10.2 Å². The summed E-state index contributed by atoms with van der Waals surface area (Å²) in [5, 5.41) is 16.7. The zero-order chi connectivity index (χ0) is 10.7. The Morgan fingerprint density at radius 2 is 1.86 bits per heavy atom. The molecule has 1 rings (SSSR count). The maximum Gasteiger partial charge on any atom is 0.194 e. The van der Waals surface area contributed by atoms with E-state index in [-0.39, 0.29) is 12.3 Å². The van der Waals surface area contributed by atoms with Gasteiger partial charge in [0.15, 0.2) is 5.66 Å². The van der Waals surface area contributed by atoms with E-state index < -0.39 is 8.07 Å². The van der Waals surface area contributed by atoms with Gasteiger partial charge < -0.3 is 5.11 Å². The Morgan fingerprint density at radius 1 is 1.21 bits per heavy atom. The molecule has 4 heteroatoms. The second-order valence-corrected chi connectivity index (χ2v) is 9.46. The van der Waals surface area contributed by atoms with E-state index in [9.17, 15) is 0 Å². The second kappa shape index (κ2) is 4.24. The Balaban J connectivity index is 2.24. The van der Waals surface area contributed by atoms with Crippen LogP contribution < -0.4 is 0 Å². The molecule has 14 heavy (non-hydrogen) atoms. The van der Waals surface area contributed by atoms with Gasteiger partial charge in [-0.3, -0.25) is 0 Å². The minimum absolute atomic E-state index is 0.161. The molecule has 0 saturated carbocycles. The van der Waals surface area contributed by atoms with Gasteiger partial charge in [-0.25, -0.2) is 0 Å². The van der Waals surface area contributed by atoms with Crippen LogP contribution in [0.5, 0.6) is 0 Å². The normalized spacial score (nSPS) is 17.4. The Hall–Kier alpha value is -0.663. The van der Waals surface area contributed by atoms with Crippen molar-refractivity contribution in [1.29, 1.82) is 0 Å². The lowest BCUT2D eigenvalue weighted by Gasteiger charge is -2.06. The molecule has 0 fully saturated rings. The molecule has 0 aliphatic carbocycles. The van der Waals surface area contributed by atoms with Gasteiger partial charge in [-0.1, -0.05) is 19.6 Å². The minimum Gasteiger partial charge on any atom is -0.396 e. The molecule has 0 radical (unpaired) electrons. The highest BCUT2D eigenvalue weighted by molar-refractivity contribution is 6.83. The van der Waals surface area contributed by atoms with Crippen LogP contribution in [0.1, 0.15) is 19.3 Å². The van der Waals surface area contributed by atoms with E-state index in [0.717, 1.165) is 12.8 Å². The molecule has 1 aliphatic heterocycles. The molecular weight excluding hydrogens is 192 g/mol. The number of nitrogens with zero attached hydrogens (tertiary/aromatic N) is 2. The summed E-state index contributed by atoms with van der Waals surface area (Å²) in [6.45, 7) is 6.86. The zero-order valence-electron chi connectivity index (χ0n) is 9.17. The maximum atomic E-state index is 8.78. The minimum atomic E-state index is -1.22. The van der Waals surface area contributed by atoms with Crippen LogP contribution in [-0.2, 0) is 0 Å². The first-order chi connectivity index (χ1) is 6.47. The molecule has 0 spiro atoms. The zero-order valence-corrected chi connectivity index (χ0v) is 10.2. The van der Waals surface area contributed by atoms with Crippen molar-refractivity contribution in [3.8, 4) is 11.5 Å². The molecular formula is C10H18N2OSi. The van der Waals surface area contributed by atoms with Gasteiger partial charge in [-0.05, 0) is 0 Å². The van der Waals surface area contributed by atoms with E-state index in [0.29, 0.717) is 6.42 Å². The van der Waals surface area contributed by atoms with Gasteiger partial charge in [0.25, 0.3) is 0 Å². The monoisotopic (exact) mass is 210 g/mol. The SMILES string of the molecule is C[Si](C)(C)C#CCCC1(CCO)N=N1. The molecule has 1 heterocycles. The van der Waals surface area contributed by atoms with Gasteiger partial charge >= 0.3 is 0 Å². The van der Waals surface area contributed by atoms with E-state index in [4.69, 9.17) is 5.11 Å². The fourth-order valence-electron chi connectivity index (χ4n) is 1.17. The quantitative estimate of drug-likeness (QED) is 0.561. The van der Waals surface area contributed by atoms with E-state index in [2.05, 4.69) is 41.3 Å². The summed E-state index contributed by atoms with van der Waals surface area (Å²) in [6, 6.07) is 0. The van der Waals surface area contributed by atoms with Gasteiger partial charge in [-0.15, -0.1) is 11.5 Å². The summed E-state index contributed by atoms with van der Waals surface area (Å²) in [4.78, 5) is 0. The lowest BCUT2D eigenvalue weighted by molar-refractivity contribution is 0.263. The lowest BCUT2D eigenvalue weighted by Crippen LogP contribution is -2.16. The number of aliphatic hydroxyl groups is 1. The van der Waals surface area contributed by atoms with Gasteiger partial charge in [0, 0.05) is 25.9 Å². The smallest absolute Gasteiger partial charge is 0.194 e. The van der Waals surface area contributed by atoms with Gasteiger partial charge in [0.2, 0.25) is 0 Å². The van der Waals surface area contributed by atoms with Crippen LogP contribution in [0, 0.1) is 11.5 Å². The lowest BCUT2D eigenvalue weighted by atomic mass is 10.1. The second-order valence-electron chi connectivity index (χ2n) is 4.71. The molecule has 78 valence electrons. The summed E-state index contributed by atoms with van der Waals surface area (Å²) < 4.78 is 0. The van der Waals surface area contributed by atoms with Crippen molar-refractivity contribution in [2.45, 2.75) is 44.6 Å². The molecule has 0 amide bonds. The van der Waals surface area contributed by atoms with Crippen molar-refractivity contribution in [2.24, 2.45) is 10.2 Å². The Kier molecular flexibility index (Phi) is 3.46. The van der Waals surface area contributed by atoms with Crippen LogP contribution in [0.4, 0.5) is 0 Å². The summed E-state index contributed by atoms with van der Waals surface area (Å²) in [6.07, 6.45) is 2.37. The van der Waals surface area contributed by atoms with Crippen LogP contribution in [0.25, 0.3) is 0 Å². The van der Waals surface area contributed by atoms with E-state index in [1.807, 2.05) is 0 Å². The Bertz CT molecular complexity index is 277. The van der Waals surface area contributed by atoms with Crippen LogP contribution in [0.3, 0.4) is 0 Å². The summed E-state index contributed by atoms with van der Waals surface area (Å²) in [5.74, 6) is 3.19. The Labute approximate surface area is 86.6 Å². The number of hydrogen-bond acceptors (Lipinski definition) is 3. The first kappa shape index (κ1) is 11.4. The summed E-state index contributed by atoms with van der Waals surface area (Å²) in [5.41, 5.74) is 3.05. The van der Waals surface area contributed by atoms with E-state index >= 15 is 0 Å². The van der Waals surface area contributed by atoms with Crippen LogP contribution in [-0.4, -0.2) is 25.5 Å². The van der Waals surface area contributed by atoms with Crippen molar-refractivity contribution >= 4 is 8.07 Å². The fourth-order valence-corrected chi connectivity index (χ4v) is 1.82. The van der Waals surface area contributed by atoms with Crippen molar-refractivity contribution in [2.75, 3.05) is 6.61 Å². The first-order valence-corrected chi connectivity index (χ1v) is 8.52. The third-order valence-corrected chi connectivity index (χ3v) is 2.94. The molecule has 0 atom stereocenters. The van der Waals surface area contributed by atoms with Crippen molar-refractivity contribution in [1.82, 2.24) is 0 Å². The fraction of sp³-hybridized carbons (Fsp3) is 0.800. The molecule has 1 aliphatic rings. The number of hydrogen-bond donors (Lipinski definition) is 1. The van der Waals surface area contributed by atoms with Crippen molar-refractivity contribution in [3.63, 3.8) is 0 Å². The first-order valence-electron chi connectivity index (χ1n) is 5.02. The number of rotatable bonds is 4. The van der Waals surface area contributed by atoms with Crippen LogP contribution >= 0.6 is 0 Å². The standard InChI is InChI=1S/C10H18N2OSi/c1-14(2,3)9-5-4-6-10(7-8-13)11-12-10/h13H,4,6-8H2,1-3H3. The summed E-state index contributed by atoms with van der Waals surface area (Å²) in [7, 11) is -1.22. The van der Waals surface area contributed by atoms with E-state index in [1.165, 1.54) is 0 Å². The van der Waals surface area contributed by atoms with Gasteiger partial charge in [-0.2, -0.15) is 10.2 Å². The highest BCUT2D eigenvalue weighted by Crippen LogP contribution is 2.35. The molecule has 0 saturated heterocycles. The average molecular weight is 210 g/mol. The molecule has 1 N–H and O–H groups in total. The van der Waals surface area contributed by atoms with Gasteiger partial charge in [0.1, 0.15) is 8.07 Å². The van der Waals surface area contributed by atoms with Crippen molar-refractivity contribution in [3.05, 3.63) is 0 Å². The molecule has 3 nitrogen and oxygen atoms in total. The molecule has 0 aromatic carbocycles. The molecule has 0 bridgehead atoms. The Morgan fingerprint density at radius 3 is 2.29 bits per heavy atom. The summed E-state index contributed by atoms with van der Waals surface area (Å²) >= 11 is 0. The van der Waals surface area contributed by atoms with E-state index in [1.54, 1.807) is 0 Å². The largest absolute Gasteiger partial charge is 0.396 e. The van der Waals surface area contributed by atoms with Crippen molar-refractivity contribution < 1.29 is 5.11 Å². The molecule has 0 aromatic heterocycles. The third kappa shape index (κ3) is 4.03. The molecule has 0 aromatic rings. The highest BCUT2D eigenvalue weighted by Gasteiger charge is 2.38. The predicted octanol–water partition coefficient (Wildman–Crippen LogP) is 2.19. The maximum absolute atomic E-state index is 8.78. The van der Waals surface area contributed by atoms with Gasteiger partial charge in [0.05, 0.1) is 0 Å². The topological polar surface area (TPSA) is 45.0 Å². The molecule has 0 unspecified atom stereocenters. The number of aliphatic hydroxyl groups excluding tert-OH is 1. The average Bonchev–Trinajstić information content (AvgIpc) is 2.79. The van der Waals surface area contributed by atoms with Crippen LogP contribution in [0.2, 0.25) is 19.6 Å². The third-order valence-electron chi connectivity index (χ3n) is 2.01. The highest BCUT2D eigenvalue weighted by atomic mass is 28.3. The predicted molar refractivity (Wildman–Crippen MR) is 59.6 cm³/mol.